The molecule has 2 N–H and O–H groups in total. The predicted octanol–water partition coefficient (Wildman–Crippen LogP) is 4.28. The summed E-state index contributed by atoms with van der Waals surface area (Å²) < 4.78 is 4.62. The number of ether oxygens (including phenoxy) is 1. The smallest absolute Gasteiger partial charge is 0.305 e. The molecule has 0 aliphatic rings. The molecule has 0 aliphatic carbocycles. The van der Waals surface area contributed by atoms with Crippen LogP contribution in [0.4, 0.5) is 0 Å². The van der Waals surface area contributed by atoms with Crippen molar-refractivity contribution in [1.82, 2.24) is 0 Å². The van der Waals surface area contributed by atoms with Gasteiger partial charge in [-0.3, -0.25) is 9.59 Å². The predicted molar refractivity (Wildman–Crippen MR) is 123 cm³/mol. The summed E-state index contributed by atoms with van der Waals surface area (Å²) in [6.45, 7) is 3.58. The van der Waals surface area contributed by atoms with Gasteiger partial charge in [-0.15, -0.1) is 0 Å². The molecule has 5 heteroatoms. The molecule has 0 fully saturated rings. The van der Waals surface area contributed by atoms with Crippen LogP contribution >= 0.6 is 0 Å². The molecule has 0 aromatic heterocycles. The van der Waals surface area contributed by atoms with E-state index < -0.39 is 6.10 Å². The van der Waals surface area contributed by atoms with Gasteiger partial charge in [0.2, 0.25) is 0 Å². The standard InChI is InChI=1S/C26H38O5/c1-20(2)26(30)24(13-9-4-5-10-14-25(29)31-3)22(19-27)16-18-23(28)17-15-21-11-7-6-8-12-21/h4,6-9,11-12,16,18,20,22-24,27-28H,5,10,13-15,17,19H2,1-3H3. The number of carbonyl (C=O) groups is 2. The number of benzene rings is 1. The van der Waals surface area contributed by atoms with E-state index in [2.05, 4.69) is 4.74 Å². The Morgan fingerprint density at radius 2 is 1.81 bits per heavy atom. The highest BCUT2D eigenvalue weighted by molar-refractivity contribution is 5.83. The number of allylic oxidation sites excluding steroid dienone is 2. The summed E-state index contributed by atoms with van der Waals surface area (Å²) in [7, 11) is 1.38. The number of esters is 1. The van der Waals surface area contributed by atoms with Gasteiger partial charge < -0.3 is 14.9 Å². The van der Waals surface area contributed by atoms with E-state index in [4.69, 9.17) is 0 Å². The van der Waals surface area contributed by atoms with Crippen molar-refractivity contribution in [3.63, 3.8) is 0 Å². The second-order valence-corrected chi connectivity index (χ2v) is 8.16. The Bertz CT molecular complexity index is 693. The van der Waals surface area contributed by atoms with Crippen LogP contribution in [0.3, 0.4) is 0 Å². The number of methoxy groups -OCH3 is 1. The van der Waals surface area contributed by atoms with Gasteiger partial charge in [0.05, 0.1) is 19.8 Å². The van der Waals surface area contributed by atoms with Gasteiger partial charge in [-0.1, -0.05) is 68.5 Å². The molecule has 1 rings (SSSR count). The summed E-state index contributed by atoms with van der Waals surface area (Å²) in [6, 6.07) is 9.98. The summed E-state index contributed by atoms with van der Waals surface area (Å²) in [6.07, 6.45) is 10.4. The number of aryl methyl sites for hydroxylation is 1. The van der Waals surface area contributed by atoms with Crippen molar-refractivity contribution in [2.45, 2.75) is 58.5 Å². The van der Waals surface area contributed by atoms with Crippen molar-refractivity contribution >= 4 is 11.8 Å². The molecule has 0 aliphatic heterocycles. The molecule has 0 radical (unpaired) electrons. The molecule has 172 valence electrons. The number of hydrogen-bond acceptors (Lipinski definition) is 5. The first-order valence-corrected chi connectivity index (χ1v) is 11.2. The van der Waals surface area contributed by atoms with Crippen LogP contribution in [0.15, 0.2) is 54.6 Å². The van der Waals surface area contributed by atoms with Crippen molar-refractivity contribution in [3.05, 3.63) is 60.2 Å². The first-order chi connectivity index (χ1) is 14.9. The summed E-state index contributed by atoms with van der Waals surface area (Å²) >= 11 is 0. The number of Topliss-reactive ketones (excluding diaryl/α,β-unsaturated/α-hetero) is 1. The highest BCUT2D eigenvalue weighted by atomic mass is 16.5. The second kappa shape index (κ2) is 15.5. The molecule has 0 saturated heterocycles. The minimum absolute atomic E-state index is 0.0988. The number of carbonyl (C=O) groups excluding carboxylic acids is 2. The normalized spacial score (nSPS) is 14.8. The average Bonchev–Trinajstić information content (AvgIpc) is 2.78. The van der Waals surface area contributed by atoms with Gasteiger partial charge in [0.25, 0.3) is 0 Å². The van der Waals surface area contributed by atoms with Crippen LogP contribution < -0.4 is 0 Å². The topological polar surface area (TPSA) is 83.8 Å². The van der Waals surface area contributed by atoms with E-state index in [9.17, 15) is 19.8 Å². The van der Waals surface area contributed by atoms with Crippen LogP contribution in [-0.4, -0.2) is 41.8 Å². The van der Waals surface area contributed by atoms with Gasteiger partial charge in [-0.25, -0.2) is 0 Å². The van der Waals surface area contributed by atoms with E-state index in [0.29, 0.717) is 25.7 Å². The summed E-state index contributed by atoms with van der Waals surface area (Å²) in [5, 5.41) is 20.2. The van der Waals surface area contributed by atoms with E-state index >= 15 is 0 Å². The Morgan fingerprint density at radius 1 is 1.10 bits per heavy atom. The molecule has 3 unspecified atom stereocenters. The van der Waals surface area contributed by atoms with E-state index in [1.165, 1.54) is 12.7 Å². The lowest BCUT2D eigenvalue weighted by Crippen LogP contribution is -2.28. The molecule has 1 aromatic carbocycles. The third-order valence-corrected chi connectivity index (χ3v) is 5.35. The van der Waals surface area contributed by atoms with E-state index in [1.54, 1.807) is 12.2 Å². The molecule has 31 heavy (non-hydrogen) atoms. The zero-order valence-electron chi connectivity index (χ0n) is 19.1. The fourth-order valence-corrected chi connectivity index (χ4v) is 3.41. The maximum absolute atomic E-state index is 12.7. The molecule has 1 aromatic rings. The zero-order valence-corrected chi connectivity index (χ0v) is 19.1. The monoisotopic (exact) mass is 430 g/mol. The van der Waals surface area contributed by atoms with Gasteiger partial charge in [0.1, 0.15) is 5.78 Å². The Hall–Kier alpha value is -2.24. The Labute approximate surface area is 186 Å². The molecule has 0 spiro atoms. The summed E-state index contributed by atoms with van der Waals surface area (Å²) in [5.41, 5.74) is 1.17. The maximum atomic E-state index is 12.7. The number of aliphatic hydroxyl groups is 2. The number of hydrogen-bond donors (Lipinski definition) is 2. The first-order valence-electron chi connectivity index (χ1n) is 11.2. The van der Waals surface area contributed by atoms with Gasteiger partial charge in [-0.2, -0.15) is 0 Å². The Morgan fingerprint density at radius 3 is 2.42 bits per heavy atom. The first kappa shape index (κ1) is 26.8. The third kappa shape index (κ3) is 11.1. The lowest BCUT2D eigenvalue weighted by atomic mass is 9.81. The van der Waals surface area contributed by atoms with E-state index in [1.807, 2.05) is 56.3 Å². The van der Waals surface area contributed by atoms with Crippen molar-refractivity contribution in [3.8, 4) is 0 Å². The summed E-state index contributed by atoms with van der Waals surface area (Å²) in [4.78, 5) is 23.9. The fraction of sp³-hybridized carbons (Fsp3) is 0.538. The number of ketones is 1. The van der Waals surface area contributed by atoms with Crippen LogP contribution in [-0.2, 0) is 20.7 Å². The Kier molecular flexibility index (Phi) is 13.4. The van der Waals surface area contributed by atoms with Crippen LogP contribution in [0.25, 0.3) is 0 Å². The van der Waals surface area contributed by atoms with Gasteiger partial charge in [0, 0.05) is 24.2 Å². The van der Waals surface area contributed by atoms with Crippen molar-refractivity contribution < 1.29 is 24.5 Å². The fourth-order valence-electron chi connectivity index (χ4n) is 3.41. The highest BCUT2D eigenvalue weighted by Gasteiger charge is 2.27. The average molecular weight is 431 g/mol. The quantitative estimate of drug-likeness (QED) is 0.247. The molecule has 5 nitrogen and oxygen atoms in total. The minimum Gasteiger partial charge on any atom is -0.469 e. The van der Waals surface area contributed by atoms with Gasteiger partial charge in [0.15, 0.2) is 0 Å². The SMILES string of the molecule is COC(=O)CCCC=CCC(C(=O)C(C)C)C(C=CC(O)CCc1ccccc1)CO. The van der Waals surface area contributed by atoms with E-state index in [-0.39, 0.29) is 36.1 Å². The third-order valence-electron chi connectivity index (χ3n) is 5.35. The van der Waals surface area contributed by atoms with E-state index in [0.717, 1.165) is 12.8 Å². The van der Waals surface area contributed by atoms with Gasteiger partial charge in [-0.05, 0) is 37.7 Å². The molecule has 0 saturated carbocycles. The Balaban J connectivity index is 2.65. The zero-order chi connectivity index (χ0) is 23.1. The molecular weight excluding hydrogens is 392 g/mol. The highest BCUT2D eigenvalue weighted by Crippen LogP contribution is 2.23. The second-order valence-electron chi connectivity index (χ2n) is 8.16. The number of aliphatic hydroxyl groups excluding tert-OH is 2. The molecule has 0 bridgehead atoms. The molecule has 0 amide bonds. The molecular formula is C26H38O5. The van der Waals surface area contributed by atoms with Crippen LogP contribution in [0.2, 0.25) is 0 Å². The molecule has 0 heterocycles. The molecule has 3 atom stereocenters. The van der Waals surface area contributed by atoms with Crippen LogP contribution in [0.1, 0.15) is 51.5 Å². The van der Waals surface area contributed by atoms with Gasteiger partial charge >= 0.3 is 5.97 Å². The van der Waals surface area contributed by atoms with Crippen LogP contribution in [0, 0.1) is 17.8 Å². The maximum Gasteiger partial charge on any atom is 0.305 e. The van der Waals surface area contributed by atoms with Crippen molar-refractivity contribution in [2.24, 2.45) is 17.8 Å². The lowest BCUT2D eigenvalue weighted by Gasteiger charge is -2.23. The van der Waals surface area contributed by atoms with Crippen molar-refractivity contribution in [1.29, 1.82) is 0 Å². The lowest BCUT2D eigenvalue weighted by molar-refractivity contribution is -0.140. The summed E-state index contributed by atoms with van der Waals surface area (Å²) in [5.74, 6) is -0.956. The largest absolute Gasteiger partial charge is 0.469 e. The van der Waals surface area contributed by atoms with Crippen LogP contribution in [0.5, 0.6) is 0 Å². The number of rotatable bonds is 15. The minimum atomic E-state index is -0.627. The van der Waals surface area contributed by atoms with Crippen molar-refractivity contribution in [2.75, 3.05) is 13.7 Å². The number of unbranched alkanes of at least 4 members (excludes halogenated alkanes) is 1.